The molecule has 20 heavy (non-hydrogen) atoms. The van der Waals surface area contributed by atoms with Gasteiger partial charge in [-0.3, -0.25) is 0 Å². The third-order valence-electron chi connectivity index (χ3n) is 3.28. The van der Waals surface area contributed by atoms with Crippen LogP contribution in [0.3, 0.4) is 0 Å². The average Bonchev–Trinajstić information content (AvgIpc) is 3.17. The van der Waals surface area contributed by atoms with E-state index in [1.807, 2.05) is 31.2 Å². The smallest absolute Gasteiger partial charge is 0.229 e. The molecule has 0 aliphatic heterocycles. The zero-order chi connectivity index (χ0) is 13.9. The van der Waals surface area contributed by atoms with Gasteiger partial charge in [0.1, 0.15) is 5.75 Å². The highest BCUT2D eigenvalue weighted by Crippen LogP contribution is 2.38. The molecule has 1 unspecified atom stereocenters. The molecule has 0 bridgehead atoms. The number of ether oxygens (including phenoxy) is 1. The minimum absolute atomic E-state index is 0.103. The maximum atomic E-state index is 5.85. The van der Waals surface area contributed by atoms with E-state index in [9.17, 15) is 0 Å². The van der Waals surface area contributed by atoms with Crippen LogP contribution in [-0.2, 0) is 13.0 Å². The van der Waals surface area contributed by atoms with Gasteiger partial charge in [0, 0.05) is 12.0 Å². The molecule has 2 aromatic rings. The number of hydrogen-bond donors (Lipinski definition) is 1. The molecule has 1 heterocycles. The molecule has 1 aliphatic rings. The lowest BCUT2D eigenvalue weighted by molar-refractivity contribution is 0.282. The van der Waals surface area contributed by atoms with E-state index in [4.69, 9.17) is 15.0 Å². The maximum absolute atomic E-state index is 5.85. The van der Waals surface area contributed by atoms with Crippen molar-refractivity contribution in [1.29, 1.82) is 0 Å². The van der Waals surface area contributed by atoms with E-state index in [1.54, 1.807) is 0 Å². The second-order valence-corrected chi connectivity index (χ2v) is 5.40. The molecule has 1 aliphatic carbocycles. The van der Waals surface area contributed by atoms with E-state index in [0.717, 1.165) is 36.5 Å². The van der Waals surface area contributed by atoms with Gasteiger partial charge in [0.2, 0.25) is 11.7 Å². The third-order valence-corrected chi connectivity index (χ3v) is 3.28. The van der Waals surface area contributed by atoms with Crippen molar-refractivity contribution in [3.05, 3.63) is 41.5 Å². The minimum atomic E-state index is 0.103. The molecule has 106 valence electrons. The van der Waals surface area contributed by atoms with Crippen LogP contribution in [0.15, 0.2) is 28.8 Å². The van der Waals surface area contributed by atoms with Crippen molar-refractivity contribution in [3.63, 3.8) is 0 Å². The first-order chi connectivity index (χ1) is 9.72. The van der Waals surface area contributed by atoms with Gasteiger partial charge in [0.15, 0.2) is 6.61 Å². The van der Waals surface area contributed by atoms with Crippen LogP contribution in [0, 0.1) is 0 Å². The fourth-order valence-electron chi connectivity index (χ4n) is 2.12. The first-order valence-electron chi connectivity index (χ1n) is 7.01. The second-order valence-electron chi connectivity index (χ2n) is 5.40. The molecule has 1 saturated carbocycles. The molecular weight excluding hydrogens is 254 g/mol. The SMILES string of the molecule is CC(N)Cc1ccccc1OCc1noc(C2CC2)n1. The van der Waals surface area contributed by atoms with Gasteiger partial charge in [0.25, 0.3) is 0 Å². The van der Waals surface area contributed by atoms with Crippen LogP contribution in [0.5, 0.6) is 5.75 Å². The van der Waals surface area contributed by atoms with E-state index in [1.165, 1.54) is 0 Å². The van der Waals surface area contributed by atoms with E-state index >= 15 is 0 Å². The first-order valence-corrected chi connectivity index (χ1v) is 7.01. The third kappa shape index (κ3) is 3.17. The monoisotopic (exact) mass is 273 g/mol. The Morgan fingerprint density at radius 1 is 1.40 bits per heavy atom. The predicted octanol–water partition coefficient (Wildman–Crippen LogP) is 2.42. The highest BCUT2D eigenvalue weighted by atomic mass is 16.5. The molecular formula is C15H19N3O2. The van der Waals surface area contributed by atoms with E-state index in [-0.39, 0.29) is 6.04 Å². The van der Waals surface area contributed by atoms with Crippen molar-refractivity contribution in [2.45, 2.75) is 44.8 Å². The number of benzene rings is 1. The van der Waals surface area contributed by atoms with E-state index < -0.39 is 0 Å². The Hall–Kier alpha value is -1.88. The van der Waals surface area contributed by atoms with Gasteiger partial charge in [-0.25, -0.2) is 0 Å². The Morgan fingerprint density at radius 3 is 2.95 bits per heavy atom. The van der Waals surface area contributed by atoms with Crippen LogP contribution >= 0.6 is 0 Å². The molecule has 1 atom stereocenters. The Labute approximate surface area is 118 Å². The molecule has 5 nitrogen and oxygen atoms in total. The van der Waals surface area contributed by atoms with E-state index in [2.05, 4.69) is 10.1 Å². The number of nitrogens with two attached hydrogens (primary N) is 1. The van der Waals surface area contributed by atoms with Crippen molar-refractivity contribution in [1.82, 2.24) is 10.1 Å². The van der Waals surface area contributed by atoms with Crippen LogP contribution in [-0.4, -0.2) is 16.2 Å². The fraction of sp³-hybridized carbons (Fsp3) is 0.467. The number of rotatable bonds is 6. The summed E-state index contributed by atoms with van der Waals surface area (Å²) in [5, 5.41) is 3.95. The van der Waals surface area contributed by atoms with E-state index in [0.29, 0.717) is 18.3 Å². The van der Waals surface area contributed by atoms with Crippen molar-refractivity contribution >= 4 is 0 Å². The summed E-state index contributed by atoms with van der Waals surface area (Å²) in [4.78, 5) is 4.35. The summed E-state index contributed by atoms with van der Waals surface area (Å²) >= 11 is 0. The summed E-state index contributed by atoms with van der Waals surface area (Å²) < 4.78 is 11.0. The molecule has 0 spiro atoms. The van der Waals surface area contributed by atoms with Crippen LogP contribution in [0.4, 0.5) is 0 Å². The van der Waals surface area contributed by atoms with Crippen LogP contribution < -0.4 is 10.5 Å². The van der Waals surface area contributed by atoms with Gasteiger partial charge < -0.3 is 15.0 Å². The Bertz CT molecular complexity index is 576. The van der Waals surface area contributed by atoms with Gasteiger partial charge in [-0.2, -0.15) is 4.98 Å². The molecule has 1 fully saturated rings. The zero-order valence-electron chi connectivity index (χ0n) is 11.6. The molecule has 1 aromatic carbocycles. The molecule has 2 N–H and O–H groups in total. The van der Waals surface area contributed by atoms with Crippen LogP contribution in [0.25, 0.3) is 0 Å². The lowest BCUT2D eigenvalue weighted by atomic mass is 10.1. The first kappa shape index (κ1) is 13.1. The summed E-state index contributed by atoms with van der Waals surface area (Å²) in [7, 11) is 0. The summed E-state index contributed by atoms with van der Waals surface area (Å²) in [6, 6.07) is 8.02. The molecule has 0 amide bonds. The Balaban J connectivity index is 1.64. The lowest BCUT2D eigenvalue weighted by Crippen LogP contribution is -2.18. The largest absolute Gasteiger partial charge is 0.485 e. The highest BCUT2D eigenvalue weighted by Gasteiger charge is 2.29. The molecule has 1 aromatic heterocycles. The van der Waals surface area contributed by atoms with Crippen molar-refractivity contribution < 1.29 is 9.26 Å². The van der Waals surface area contributed by atoms with Crippen molar-refractivity contribution in [3.8, 4) is 5.75 Å². The average molecular weight is 273 g/mol. The number of para-hydroxylation sites is 1. The Kier molecular flexibility index (Phi) is 3.69. The van der Waals surface area contributed by atoms with Crippen molar-refractivity contribution in [2.75, 3.05) is 0 Å². The van der Waals surface area contributed by atoms with Crippen LogP contribution in [0.1, 0.15) is 43.0 Å². The van der Waals surface area contributed by atoms with Gasteiger partial charge in [-0.15, -0.1) is 0 Å². The quantitative estimate of drug-likeness (QED) is 0.874. The number of nitrogens with zero attached hydrogens (tertiary/aromatic N) is 2. The molecule has 5 heteroatoms. The van der Waals surface area contributed by atoms with Gasteiger partial charge in [0.05, 0.1) is 0 Å². The maximum Gasteiger partial charge on any atom is 0.229 e. The summed E-state index contributed by atoms with van der Waals surface area (Å²) in [5.74, 6) is 2.65. The molecule has 3 rings (SSSR count). The van der Waals surface area contributed by atoms with Gasteiger partial charge in [-0.05, 0) is 37.8 Å². The zero-order valence-corrected chi connectivity index (χ0v) is 11.6. The summed E-state index contributed by atoms with van der Waals surface area (Å²) in [6.45, 7) is 2.31. The highest BCUT2D eigenvalue weighted by molar-refractivity contribution is 5.33. The lowest BCUT2D eigenvalue weighted by Gasteiger charge is -2.11. The topological polar surface area (TPSA) is 74.2 Å². The second kappa shape index (κ2) is 5.63. The normalized spacial score (nSPS) is 16.1. The fourth-order valence-corrected chi connectivity index (χ4v) is 2.12. The standard InChI is InChI=1S/C15H19N3O2/c1-10(16)8-12-4-2-3-5-13(12)19-9-14-17-15(20-18-14)11-6-7-11/h2-5,10-11H,6-9,16H2,1H3. The summed E-state index contributed by atoms with van der Waals surface area (Å²) in [6.07, 6.45) is 3.09. The molecule has 0 saturated heterocycles. The van der Waals surface area contributed by atoms with Gasteiger partial charge >= 0.3 is 0 Å². The summed E-state index contributed by atoms with van der Waals surface area (Å²) in [5.41, 5.74) is 6.95. The minimum Gasteiger partial charge on any atom is -0.485 e. The predicted molar refractivity (Wildman–Crippen MR) is 74.4 cm³/mol. The molecule has 0 radical (unpaired) electrons. The van der Waals surface area contributed by atoms with Gasteiger partial charge in [-0.1, -0.05) is 23.4 Å². The number of aromatic nitrogens is 2. The van der Waals surface area contributed by atoms with Crippen LogP contribution in [0.2, 0.25) is 0 Å². The Morgan fingerprint density at radius 2 is 2.20 bits per heavy atom. The number of hydrogen-bond acceptors (Lipinski definition) is 5. The van der Waals surface area contributed by atoms with Crippen molar-refractivity contribution in [2.24, 2.45) is 5.73 Å².